The number of unbranched alkanes of at least 4 members (excludes halogenated alkanes) is 3. The third-order valence-corrected chi connectivity index (χ3v) is 3.15. The highest BCUT2D eigenvalue weighted by Gasteiger charge is 2.03. The van der Waals surface area contributed by atoms with Gasteiger partial charge in [-0.15, -0.1) is 0 Å². The first-order chi connectivity index (χ1) is 9.66. The van der Waals surface area contributed by atoms with Gasteiger partial charge in [-0.25, -0.2) is 4.98 Å². The number of anilines is 1. The molecule has 0 aromatic carbocycles. The predicted molar refractivity (Wildman–Crippen MR) is 76.9 cm³/mol. The summed E-state index contributed by atoms with van der Waals surface area (Å²) in [6, 6.07) is 4.04. The Morgan fingerprint density at radius 2 is 2.10 bits per heavy atom. The molecule has 0 amide bonds. The summed E-state index contributed by atoms with van der Waals surface area (Å²) in [5.41, 5.74) is 1.99. The Hall–Kier alpha value is -2.11. The molecule has 0 radical (unpaired) electrons. The first-order valence-corrected chi connectivity index (χ1v) is 6.93. The topological polar surface area (TPSA) is 79.5 Å². The van der Waals surface area contributed by atoms with Crippen LogP contribution < -0.4 is 5.32 Å². The minimum atomic E-state index is -0.712. The van der Waals surface area contributed by atoms with Gasteiger partial charge in [0.2, 0.25) is 0 Å². The van der Waals surface area contributed by atoms with Gasteiger partial charge in [-0.1, -0.05) is 12.8 Å². The fraction of sp³-hybridized carbons (Fsp3) is 0.500. The molecular formula is C14H20N4O2. The number of hydrogen-bond acceptors (Lipinski definition) is 4. The van der Waals surface area contributed by atoms with Gasteiger partial charge in [0.15, 0.2) is 5.65 Å². The molecule has 0 aliphatic rings. The predicted octanol–water partition coefficient (Wildman–Crippen LogP) is 2.48. The highest BCUT2D eigenvalue weighted by atomic mass is 16.4. The van der Waals surface area contributed by atoms with E-state index in [4.69, 9.17) is 5.11 Å². The van der Waals surface area contributed by atoms with Crippen molar-refractivity contribution in [1.29, 1.82) is 0 Å². The van der Waals surface area contributed by atoms with Crippen LogP contribution in [0.4, 0.5) is 5.82 Å². The van der Waals surface area contributed by atoms with Crippen molar-refractivity contribution in [1.82, 2.24) is 14.6 Å². The number of carbonyl (C=O) groups is 1. The molecule has 0 bridgehead atoms. The maximum absolute atomic E-state index is 10.4. The minimum absolute atomic E-state index is 0.269. The standard InChI is InChI=1S/C14H20N4O2/c1-11-8-12(18-13(9-11)16-10-17-18)15-7-5-3-2-4-6-14(19)20/h8-10,15H,2-7H2,1H3,(H,19,20). The van der Waals surface area contributed by atoms with Gasteiger partial charge in [0.1, 0.15) is 12.1 Å². The van der Waals surface area contributed by atoms with E-state index in [0.717, 1.165) is 49.3 Å². The van der Waals surface area contributed by atoms with Crippen LogP contribution in [0.25, 0.3) is 5.65 Å². The van der Waals surface area contributed by atoms with E-state index in [2.05, 4.69) is 15.4 Å². The zero-order valence-electron chi connectivity index (χ0n) is 11.7. The van der Waals surface area contributed by atoms with Crippen LogP contribution >= 0.6 is 0 Å². The lowest BCUT2D eigenvalue weighted by Crippen LogP contribution is -2.07. The van der Waals surface area contributed by atoms with Crippen molar-refractivity contribution in [3.05, 3.63) is 24.0 Å². The highest BCUT2D eigenvalue weighted by molar-refractivity contribution is 5.66. The molecule has 2 rings (SSSR count). The summed E-state index contributed by atoms with van der Waals surface area (Å²) < 4.78 is 1.79. The number of pyridine rings is 1. The lowest BCUT2D eigenvalue weighted by Gasteiger charge is -2.08. The molecule has 2 heterocycles. The molecular weight excluding hydrogens is 256 g/mol. The first kappa shape index (κ1) is 14.3. The van der Waals surface area contributed by atoms with Gasteiger partial charge in [0, 0.05) is 13.0 Å². The maximum Gasteiger partial charge on any atom is 0.303 e. The van der Waals surface area contributed by atoms with E-state index in [-0.39, 0.29) is 6.42 Å². The second-order valence-electron chi connectivity index (χ2n) is 4.93. The van der Waals surface area contributed by atoms with Crippen molar-refractivity contribution in [3.63, 3.8) is 0 Å². The van der Waals surface area contributed by atoms with E-state index in [0.29, 0.717) is 0 Å². The van der Waals surface area contributed by atoms with Gasteiger partial charge in [-0.3, -0.25) is 4.79 Å². The van der Waals surface area contributed by atoms with Crippen molar-refractivity contribution in [2.24, 2.45) is 0 Å². The van der Waals surface area contributed by atoms with Crippen LogP contribution in [-0.4, -0.2) is 32.2 Å². The van der Waals surface area contributed by atoms with Crippen molar-refractivity contribution < 1.29 is 9.90 Å². The molecule has 0 aliphatic heterocycles. The molecule has 0 aliphatic carbocycles. The van der Waals surface area contributed by atoms with E-state index >= 15 is 0 Å². The van der Waals surface area contributed by atoms with Crippen LogP contribution in [0.2, 0.25) is 0 Å². The van der Waals surface area contributed by atoms with Crippen LogP contribution in [0.5, 0.6) is 0 Å². The van der Waals surface area contributed by atoms with Crippen molar-refractivity contribution in [2.75, 3.05) is 11.9 Å². The summed E-state index contributed by atoms with van der Waals surface area (Å²) in [6.45, 7) is 2.89. The first-order valence-electron chi connectivity index (χ1n) is 6.93. The van der Waals surface area contributed by atoms with E-state index in [9.17, 15) is 4.79 Å². The van der Waals surface area contributed by atoms with Crippen LogP contribution in [0.1, 0.15) is 37.7 Å². The maximum atomic E-state index is 10.4. The summed E-state index contributed by atoms with van der Waals surface area (Å²) in [5.74, 6) is 0.236. The van der Waals surface area contributed by atoms with Crippen LogP contribution in [0.15, 0.2) is 18.5 Å². The molecule has 0 spiro atoms. The molecule has 2 aromatic rings. The fourth-order valence-electron chi connectivity index (χ4n) is 2.15. The summed E-state index contributed by atoms with van der Waals surface area (Å²) in [4.78, 5) is 14.6. The Kier molecular flexibility index (Phi) is 4.92. The Morgan fingerprint density at radius 3 is 2.90 bits per heavy atom. The zero-order valence-corrected chi connectivity index (χ0v) is 11.7. The molecule has 0 atom stereocenters. The van der Waals surface area contributed by atoms with E-state index in [1.807, 2.05) is 19.1 Å². The third kappa shape index (κ3) is 3.94. The van der Waals surface area contributed by atoms with Crippen LogP contribution in [-0.2, 0) is 4.79 Å². The van der Waals surface area contributed by atoms with Gasteiger partial charge in [0.25, 0.3) is 0 Å². The van der Waals surface area contributed by atoms with Crippen molar-refractivity contribution >= 4 is 17.4 Å². The van der Waals surface area contributed by atoms with Gasteiger partial charge in [-0.05, 0) is 37.5 Å². The second kappa shape index (κ2) is 6.88. The third-order valence-electron chi connectivity index (χ3n) is 3.15. The van der Waals surface area contributed by atoms with Gasteiger partial charge in [-0.2, -0.15) is 9.61 Å². The smallest absolute Gasteiger partial charge is 0.303 e. The van der Waals surface area contributed by atoms with Crippen LogP contribution in [0, 0.1) is 6.92 Å². The normalized spacial score (nSPS) is 10.8. The molecule has 0 fully saturated rings. The van der Waals surface area contributed by atoms with Crippen LogP contribution in [0.3, 0.4) is 0 Å². The summed E-state index contributed by atoms with van der Waals surface area (Å²) >= 11 is 0. The number of carboxylic acids is 1. The summed E-state index contributed by atoms with van der Waals surface area (Å²) in [6.07, 6.45) is 5.58. The van der Waals surface area contributed by atoms with E-state index in [1.54, 1.807) is 10.8 Å². The molecule has 2 aromatic heterocycles. The van der Waals surface area contributed by atoms with Gasteiger partial charge < -0.3 is 10.4 Å². The molecule has 20 heavy (non-hydrogen) atoms. The molecule has 108 valence electrons. The molecule has 2 N–H and O–H groups in total. The monoisotopic (exact) mass is 276 g/mol. The SMILES string of the molecule is Cc1cc(NCCCCCCC(=O)O)n2ncnc2c1. The number of carboxylic acid groups (broad SMARTS) is 1. The highest BCUT2D eigenvalue weighted by Crippen LogP contribution is 2.13. The average molecular weight is 276 g/mol. The lowest BCUT2D eigenvalue weighted by molar-refractivity contribution is -0.137. The number of aromatic nitrogens is 3. The minimum Gasteiger partial charge on any atom is -0.481 e. The van der Waals surface area contributed by atoms with Crippen molar-refractivity contribution in [3.8, 4) is 0 Å². The van der Waals surface area contributed by atoms with Gasteiger partial charge >= 0.3 is 5.97 Å². The molecule has 0 saturated heterocycles. The number of nitrogens with zero attached hydrogens (tertiary/aromatic N) is 3. The quantitative estimate of drug-likeness (QED) is 0.724. The Balaban J connectivity index is 1.76. The summed E-state index contributed by atoms with van der Waals surface area (Å²) in [7, 11) is 0. The number of hydrogen-bond donors (Lipinski definition) is 2. The average Bonchev–Trinajstić information content (AvgIpc) is 2.85. The van der Waals surface area contributed by atoms with Gasteiger partial charge in [0.05, 0.1) is 0 Å². The molecule has 0 saturated carbocycles. The fourth-order valence-corrected chi connectivity index (χ4v) is 2.15. The largest absolute Gasteiger partial charge is 0.481 e. The van der Waals surface area contributed by atoms with E-state index in [1.165, 1.54) is 0 Å². The lowest BCUT2D eigenvalue weighted by atomic mass is 10.1. The molecule has 6 nitrogen and oxygen atoms in total. The zero-order chi connectivity index (χ0) is 14.4. The molecule has 0 unspecified atom stereocenters. The number of aliphatic carboxylic acids is 1. The number of rotatable bonds is 8. The Labute approximate surface area is 117 Å². The second-order valence-corrected chi connectivity index (χ2v) is 4.93. The number of nitrogens with one attached hydrogen (secondary N) is 1. The number of fused-ring (bicyclic) bond motifs is 1. The van der Waals surface area contributed by atoms with Crippen molar-refractivity contribution in [2.45, 2.75) is 39.0 Å². The van der Waals surface area contributed by atoms with E-state index < -0.39 is 5.97 Å². The molecule has 6 heteroatoms. The summed E-state index contributed by atoms with van der Waals surface area (Å²) in [5, 5.41) is 16.1. The Morgan fingerprint density at radius 1 is 1.30 bits per heavy atom. The number of aryl methyl sites for hydroxylation is 1. The Bertz CT molecular complexity index is 580.